The molecule has 0 unspecified atom stereocenters. The summed E-state index contributed by atoms with van der Waals surface area (Å²) in [4.78, 5) is 23.8. The van der Waals surface area contributed by atoms with Crippen molar-refractivity contribution in [1.29, 1.82) is 0 Å². The molecular formula is C15H15BrN2O4. The molecule has 0 bridgehead atoms. The van der Waals surface area contributed by atoms with Crippen molar-refractivity contribution in [2.45, 2.75) is 20.3 Å². The van der Waals surface area contributed by atoms with Crippen molar-refractivity contribution in [3.05, 3.63) is 45.8 Å². The molecule has 116 valence electrons. The molecule has 1 amide bonds. The van der Waals surface area contributed by atoms with E-state index in [-0.39, 0.29) is 6.61 Å². The van der Waals surface area contributed by atoms with E-state index in [4.69, 9.17) is 9.26 Å². The highest BCUT2D eigenvalue weighted by molar-refractivity contribution is 9.10. The fourth-order valence-electron chi connectivity index (χ4n) is 1.85. The molecule has 0 radical (unpaired) electrons. The van der Waals surface area contributed by atoms with Crippen LogP contribution in [0.15, 0.2) is 33.3 Å². The highest BCUT2D eigenvalue weighted by Crippen LogP contribution is 2.16. The quantitative estimate of drug-likeness (QED) is 0.822. The predicted molar refractivity (Wildman–Crippen MR) is 83.7 cm³/mol. The van der Waals surface area contributed by atoms with E-state index in [1.165, 1.54) is 0 Å². The van der Waals surface area contributed by atoms with Crippen LogP contribution >= 0.6 is 15.9 Å². The summed E-state index contributed by atoms with van der Waals surface area (Å²) < 4.78 is 10.9. The number of benzene rings is 1. The van der Waals surface area contributed by atoms with Crippen LogP contribution in [0.25, 0.3) is 0 Å². The number of aromatic nitrogens is 1. The number of nitrogens with one attached hydrogen (secondary N) is 1. The maximum atomic E-state index is 12.0. The van der Waals surface area contributed by atoms with Gasteiger partial charge in [0.05, 0.1) is 5.69 Å². The molecule has 1 aromatic heterocycles. The molecule has 0 fully saturated rings. The van der Waals surface area contributed by atoms with Crippen LogP contribution in [-0.4, -0.2) is 23.6 Å². The summed E-state index contributed by atoms with van der Waals surface area (Å²) in [7, 11) is 0. The van der Waals surface area contributed by atoms with Crippen LogP contribution < -0.4 is 5.32 Å². The van der Waals surface area contributed by atoms with Crippen molar-refractivity contribution in [3.8, 4) is 0 Å². The number of hydrogen-bond acceptors (Lipinski definition) is 5. The van der Waals surface area contributed by atoms with E-state index in [0.717, 1.165) is 4.47 Å². The van der Waals surface area contributed by atoms with Gasteiger partial charge in [-0.25, -0.2) is 4.79 Å². The van der Waals surface area contributed by atoms with Crippen LogP contribution in [0.2, 0.25) is 0 Å². The molecule has 0 spiro atoms. The van der Waals surface area contributed by atoms with Crippen molar-refractivity contribution < 1.29 is 18.8 Å². The van der Waals surface area contributed by atoms with Gasteiger partial charge in [0.2, 0.25) is 0 Å². The highest BCUT2D eigenvalue weighted by atomic mass is 79.9. The van der Waals surface area contributed by atoms with E-state index in [1.807, 2.05) is 6.92 Å². The van der Waals surface area contributed by atoms with Crippen LogP contribution in [-0.2, 0) is 16.0 Å². The number of hydrogen-bond donors (Lipinski definition) is 1. The zero-order valence-corrected chi connectivity index (χ0v) is 13.8. The lowest BCUT2D eigenvalue weighted by Crippen LogP contribution is -2.21. The van der Waals surface area contributed by atoms with Crippen molar-refractivity contribution in [1.82, 2.24) is 5.16 Å². The van der Waals surface area contributed by atoms with Gasteiger partial charge in [-0.05, 0) is 37.6 Å². The molecule has 0 aliphatic rings. The third kappa shape index (κ3) is 3.94. The average molecular weight is 367 g/mol. The highest BCUT2D eigenvalue weighted by Gasteiger charge is 2.21. The molecule has 2 rings (SSSR count). The minimum absolute atomic E-state index is 0.291. The minimum atomic E-state index is -0.610. The summed E-state index contributed by atoms with van der Waals surface area (Å²) in [6.07, 6.45) is 0.548. The van der Waals surface area contributed by atoms with Crippen LogP contribution in [0.4, 0.5) is 5.69 Å². The number of amides is 1. The first-order valence-electron chi connectivity index (χ1n) is 6.69. The van der Waals surface area contributed by atoms with E-state index in [9.17, 15) is 9.59 Å². The van der Waals surface area contributed by atoms with Crippen LogP contribution in [0, 0.1) is 6.92 Å². The summed E-state index contributed by atoms with van der Waals surface area (Å²) >= 11 is 3.31. The van der Waals surface area contributed by atoms with E-state index in [1.54, 1.807) is 31.2 Å². The number of carbonyl (C=O) groups excluding carboxylic acids is 2. The first kappa shape index (κ1) is 16.2. The average Bonchev–Trinajstić information content (AvgIpc) is 2.88. The number of esters is 1. The standard InChI is InChI=1S/C15H15BrN2O4/c1-3-12-14(9(2)22-18-12)15(20)21-8-13(19)17-11-6-4-10(16)5-7-11/h4-7H,3,8H2,1-2H3,(H,17,19). The molecule has 6 nitrogen and oxygen atoms in total. The summed E-state index contributed by atoms with van der Waals surface area (Å²) in [5, 5.41) is 6.41. The molecule has 0 aliphatic carbocycles. The maximum absolute atomic E-state index is 12.0. The Morgan fingerprint density at radius 1 is 1.32 bits per heavy atom. The Bertz CT molecular complexity index is 679. The Balaban J connectivity index is 1.92. The lowest BCUT2D eigenvalue weighted by atomic mass is 10.1. The topological polar surface area (TPSA) is 81.4 Å². The van der Waals surface area contributed by atoms with E-state index < -0.39 is 11.9 Å². The second-order valence-corrected chi connectivity index (χ2v) is 5.46. The normalized spacial score (nSPS) is 10.3. The summed E-state index contributed by atoms with van der Waals surface area (Å²) in [5.74, 6) is -0.639. The smallest absolute Gasteiger partial charge is 0.344 e. The van der Waals surface area contributed by atoms with Crippen LogP contribution in [0.1, 0.15) is 28.7 Å². The number of nitrogens with zero attached hydrogens (tertiary/aromatic N) is 1. The number of rotatable bonds is 5. The molecule has 1 aromatic carbocycles. The zero-order valence-electron chi connectivity index (χ0n) is 12.2. The Morgan fingerprint density at radius 3 is 2.64 bits per heavy atom. The summed E-state index contributed by atoms with van der Waals surface area (Å²) in [5.41, 5.74) is 1.44. The third-order valence-corrected chi connectivity index (χ3v) is 3.46. The van der Waals surface area contributed by atoms with Gasteiger partial charge in [0.1, 0.15) is 11.3 Å². The molecule has 1 N–H and O–H groups in total. The lowest BCUT2D eigenvalue weighted by Gasteiger charge is -2.06. The molecule has 2 aromatic rings. The second-order valence-electron chi connectivity index (χ2n) is 4.55. The van der Waals surface area contributed by atoms with Gasteiger partial charge in [-0.3, -0.25) is 4.79 Å². The SMILES string of the molecule is CCc1noc(C)c1C(=O)OCC(=O)Nc1ccc(Br)cc1. The number of carbonyl (C=O) groups is 2. The Hall–Kier alpha value is -2.15. The number of aryl methyl sites for hydroxylation is 2. The molecule has 0 saturated heterocycles. The van der Waals surface area contributed by atoms with Crippen molar-refractivity contribution >= 4 is 33.5 Å². The Labute approximate surface area is 135 Å². The molecule has 1 heterocycles. The fraction of sp³-hybridized carbons (Fsp3) is 0.267. The van der Waals surface area contributed by atoms with Gasteiger partial charge in [-0.2, -0.15) is 0 Å². The van der Waals surface area contributed by atoms with E-state index in [0.29, 0.717) is 29.1 Å². The largest absolute Gasteiger partial charge is 0.452 e. The van der Waals surface area contributed by atoms with Gasteiger partial charge < -0.3 is 14.6 Å². The van der Waals surface area contributed by atoms with Gasteiger partial charge in [0, 0.05) is 10.2 Å². The van der Waals surface area contributed by atoms with Gasteiger partial charge in [-0.15, -0.1) is 0 Å². The molecule has 0 saturated carbocycles. The van der Waals surface area contributed by atoms with E-state index in [2.05, 4.69) is 26.4 Å². The van der Waals surface area contributed by atoms with Gasteiger partial charge >= 0.3 is 5.97 Å². The van der Waals surface area contributed by atoms with Crippen LogP contribution in [0.5, 0.6) is 0 Å². The van der Waals surface area contributed by atoms with Crippen molar-refractivity contribution in [2.24, 2.45) is 0 Å². The van der Waals surface area contributed by atoms with Crippen molar-refractivity contribution in [3.63, 3.8) is 0 Å². The first-order chi connectivity index (χ1) is 10.5. The predicted octanol–water partition coefficient (Wildman–Crippen LogP) is 3.10. The number of anilines is 1. The summed E-state index contributed by atoms with van der Waals surface area (Å²) in [6, 6.07) is 7.08. The zero-order chi connectivity index (χ0) is 16.1. The molecule has 0 aliphatic heterocycles. The van der Waals surface area contributed by atoms with Gasteiger partial charge in [-0.1, -0.05) is 28.0 Å². The van der Waals surface area contributed by atoms with Gasteiger partial charge in [0.25, 0.3) is 5.91 Å². The fourth-order valence-corrected chi connectivity index (χ4v) is 2.12. The number of halogens is 1. The Kier molecular flexibility index (Phi) is 5.32. The Morgan fingerprint density at radius 2 is 2.00 bits per heavy atom. The lowest BCUT2D eigenvalue weighted by molar-refractivity contribution is -0.119. The molecule has 0 atom stereocenters. The summed E-state index contributed by atoms with van der Waals surface area (Å²) in [6.45, 7) is 3.11. The maximum Gasteiger partial charge on any atom is 0.344 e. The first-order valence-corrected chi connectivity index (χ1v) is 7.48. The molecule has 22 heavy (non-hydrogen) atoms. The van der Waals surface area contributed by atoms with Gasteiger partial charge in [0.15, 0.2) is 6.61 Å². The monoisotopic (exact) mass is 366 g/mol. The van der Waals surface area contributed by atoms with Crippen LogP contribution in [0.3, 0.4) is 0 Å². The minimum Gasteiger partial charge on any atom is -0.452 e. The van der Waals surface area contributed by atoms with E-state index >= 15 is 0 Å². The molecular weight excluding hydrogens is 352 g/mol. The third-order valence-electron chi connectivity index (χ3n) is 2.93. The number of ether oxygens (including phenoxy) is 1. The second kappa shape index (κ2) is 7.22. The van der Waals surface area contributed by atoms with Crippen molar-refractivity contribution in [2.75, 3.05) is 11.9 Å². The molecule has 7 heteroatoms.